The van der Waals surface area contributed by atoms with E-state index >= 15 is 0 Å². The van der Waals surface area contributed by atoms with Crippen LogP contribution in [0.5, 0.6) is 5.75 Å². The number of carbonyl (C=O) groups excluding carboxylic acids is 1. The molecule has 2 heterocycles. The average Bonchev–Trinajstić information content (AvgIpc) is 3.05. The number of nitrogens with zero attached hydrogens (tertiary/aromatic N) is 1. The third kappa shape index (κ3) is 5.36. The number of carbonyl (C=O) groups is 1. The maximum Gasteiger partial charge on any atom is 0.330 e. The van der Waals surface area contributed by atoms with Crippen LogP contribution >= 0.6 is 8.53 Å². The van der Waals surface area contributed by atoms with Crippen molar-refractivity contribution in [3.05, 3.63) is 63.4 Å². The maximum absolute atomic E-state index is 12.0. The van der Waals surface area contributed by atoms with Crippen LogP contribution in [0.15, 0.2) is 52.2 Å². The van der Waals surface area contributed by atoms with Gasteiger partial charge in [0.2, 0.25) is 0 Å². The summed E-state index contributed by atoms with van der Waals surface area (Å²) in [5.41, 5.74) is -0.954. The van der Waals surface area contributed by atoms with Crippen molar-refractivity contribution in [2.45, 2.75) is 25.7 Å². The first-order valence-electron chi connectivity index (χ1n) is 8.87. The molecule has 1 aromatic carbocycles. The number of rotatable bonds is 9. The predicted molar refractivity (Wildman–Crippen MR) is 103 cm³/mol. The van der Waals surface area contributed by atoms with Crippen LogP contribution in [0, 0.1) is 5.92 Å². The number of hydrogen-bond acceptors (Lipinski definition) is 7. The van der Waals surface area contributed by atoms with E-state index < -0.39 is 26.0 Å². The fourth-order valence-corrected chi connectivity index (χ4v) is 3.98. The third-order valence-corrected chi connectivity index (χ3v) is 5.39. The Hall–Kier alpha value is -2.32. The molecule has 1 saturated heterocycles. The van der Waals surface area contributed by atoms with Gasteiger partial charge in [0.1, 0.15) is 18.3 Å². The van der Waals surface area contributed by atoms with Crippen molar-refractivity contribution >= 4 is 14.8 Å². The molecule has 0 spiro atoms. The molecule has 150 valence electrons. The molecule has 0 aliphatic carbocycles. The first kappa shape index (κ1) is 20.4. The van der Waals surface area contributed by atoms with Crippen molar-refractivity contribution in [2.24, 2.45) is 5.92 Å². The highest BCUT2D eigenvalue weighted by atomic mass is 31.2. The van der Waals surface area contributed by atoms with E-state index in [1.165, 1.54) is 16.8 Å². The SMILES string of the molecule is CC1C[C@@H](CO[P@@](NCC=O)Oc2ccccc2)OC1n1ccc(=O)[nH]c1=O. The van der Waals surface area contributed by atoms with Gasteiger partial charge in [-0.3, -0.25) is 14.3 Å². The van der Waals surface area contributed by atoms with Crippen molar-refractivity contribution < 1.29 is 18.6 Å². The van der Waals surface area contributed by atoms with Crippen molar-refractivity contribution in [1.29, 1.82) is 0 Å². The highest BCUT2D eigenvalue weighted by molar-refractivity contribution is 7.45. The number of benzene rings is 1. The Bertz CT molecular complexity index is 887. The highest BCUT2D eigenvalue weighted by Gasteiger charge is 2.34. The van der Waals surface area contributed by atoms with E-state index in [-0.39, 0.29) is 25.2 Å². The van der Waals surface area contributed by atoms with Crippen LogP contribution in [0.2, 0.25) is 0 Å². The Kier molecular flexibility index (Phi) is 7.11. The second-order valence-electron chi connectivity index (χ2n) is 6.37. The summed E-state index contributed by atoms with van der Waals surface area (Å²) in [5.74, 6) is 0.687. The van der Waals surface area contributed by atoms with Crippen molar-refractivity contribution in [3.8, 4) is 5.75 Å². The van der Waals surface area contributed by atoms with E-state index in [4.69, 9.17) is 13.8 Å². The minimum atomic E-state index is -1.53. The predicted octanol–water partition coefficient (Wildman–Crippen LogP) is 1.57. The Morgan fingerprint density at radius 3 is 2.82 bits per heavy atom. The van der Waals surface area contributed by atoms with Crippen molar-refractivity contribution in [2.75, 3.05) is 13.2 Å². The number of H-pyrrole nitrogens is 1. The first-order valence-corrected chi connectivity index (χ1v) is 10.0. The Balaban J connectivity index is 1.60. The zero-order valence-electron chi connectivity index (χ0n) is 15.3. The lowest BCUT2D eigenvalue weighted by molar-refractivity contribution is -0.106. The zero-order chi connectivity index (χ0) is 19.9. The fraction of sp³-hybridized carbons (Fsp3) is 0.389. The minimum Gasteiger partial charge on any atom is -0.436 e. The molecule has 0 radical (unpaired) electrons. The molecule has 3 rings (SSSR count). The molecular weight excluding hydrogens is 385 g/mol. The maximum atomic E-state index is 12.0. The highest BCUT2D eigenvalue weighted by Crippen LogP contribution is 2.38. The van der Waals surface area contributed by atoms with Crippen molar-refractivity contribution in [1.82, 2.24) is 14.6 Å². The minimum absolute atomic E-state index is 0.0569. The van der Waals surface area contributed by atoms with E-state index in [0.29, 0.717) is 12.2 Å². The molecule has 10 heteroatoms. The van der Waals surface area contributed by atoms with Crippen LogP contribution in [-0.2, 0) is 14.1 Å². The van der Waals surface area contributed by atoms with Gasteiger partial charge in [-0.2, -0.15) is 0 Å². The van der Waals surface area contributed by atoms with Crippen LogP contribution < -0.4 is 20.9 Å². The summed E-state index contributed by atoms with van der Waals surface area (Å²) in [5, 5.41) is 2.91. The molecule has 4 atom stereocenters. The Morgan fingerprint density at radius 2 is 2.11 bits per heavy atom. The molecule has 1 fully saturated rings. The van der Waals surface area contributed by atoms with Gasteiger partial charge in [0.15, 0.2) is 0 Å². The Morgan fingerprint density at radius 1 is 1.32 bits per heavy atom. The van der Waals surface area contributed by atoms with Crippen LogP contribution in [0.25, 0.3) is 0 Å². The third-order valence-electron chi connectivity index (χ3n) is 4.19. The Labute approximate surface area is 162 Å². The fourth-order valence-electron chi connectivity index (χ4n) is 2.94. The van der Waals surface area contributed by atoms with Gasteiger partial charge in [-0.25, -0.2) is 9.88 Å². The van der Waals surface area contributed by atoms with E-state index in [2.05, 4.69) is 10.1 Å². The van der Waals surface area contributed by atoms with E-state index in [0.717, 1.165) is 6.29 Å². The molecule has 9 nitrogen and oxygen atoms in total. The summed E-state index contributed by atoms with van der Waals surface area (Å²) in [6.45, 7) is 2.31. The van der Waals surface area contributed by atoms with Gasteiger partial charge >= 0.3 is 14.2 Å². The van der Waals surface area contributed by atoms with Gasteiger partial charge in [-0.1, -0.05) is 25.1 Å². The van der Waals surface area contributed by atoms with Crippen LogP contribution in [0.3, 0.4) is 0 Å². The largest absolute Gasteiger partial charge is 0.436 e. The van der Waals surface area contributed by atoms with E-state index in [1.807, 2.05) is 25.1 Å². The number of aromatic amines is 1. The molecule has 2 N–H and O–H groups in total. The molecule has 0 saturated carbocycles. The molecule has 0 bridgehead atoms. The summed E-state index contributed by atoms with van der Waals surface area (Å²) < 4.78 is 18.9. The van der Waals surface area contributed by atoms with Gasteiger partial charge in [0, 0.05) is 18.2 Å². The molecule has 2 aromatic rings. The van der Waals surface area contributed by atoms with Crippen LogP contribution in [0.4, 0.5) is 0 Å². The van der Waals surface area contributed by atoms with Gasteiger partial charge in [-0.05, 0) is 18.6 Å². The molecule has 1 aliphatic rings. The molecule has 0 amide bonds. The monoisotopic (exact) mass is 407 g/mol. The molecule has 1 aromatic heterocycles. The number of aldehydes is 1. The topological polar surface area (TPSA) is 112 Å². The van der Waals surface area contributed by atoms with Crippen LogP contribution in [0.1, 0.15) is 19.6 Å². The zero-order valence-corrected chi connectivity index (χ0v) is 16.2. The lowest BCUT2D eigenvalue weighted by atomic mass is 10.1. The van der Waals surface area contributed by atoms with Gasteiger partial charge < -0.3 is 18.6 Å². The standard InChI is InChI=1S/C18H22N3O6P/c1-13-11-15(26-17(13)21-9-7-16(23)20-18(21)24)12-25-28(19-8-10-22)27-14-5-3-2-4-6-14/h2-7,9-10,13,15,17,19H,8,11-12H2,1H3,(H,20,23,24)/t13?,15-,17?,28+/m0/s1. The number of para-hydroxylation sites is 1. The lowest BCUT2D eigenvalue weighted by Crippen LogP contribution is -2.33. The number of nitrogens with one attached hydrogen (secondary N) is 2. The smallest absolute Gasteiger partial charge is 0.330 e. The van der Waals surface area contributed by atoms with Gasteiger partial charge in [-0.15, -0.1) is 0 Å². The van der Waals surface area contributed by atoms with E-state index in [1.54, 1.807) is 12.1 Å². The summed E-state index contributed by atoms with van der Waals surface area (Å²) in [6.07, 6.45) is 2.12. The molecule has 2 unspecified atom stereocenters. The second kappa shape index (κ2) is 9.75. The molecule has 28 heavy (non-hydrogen) atoms. The summed E-state index contributed by atoms with van der Waals surface area (Å²) in [7, 11) is -1.53. The molecular formula is C18H22N3O6P. The number of aromatic nitrogens is 2. The first-order chi connectivity index (χ1) is 13.6. The average molecular weight is 407 g/mol. The second-order valence-corrected chi connectivity index (χ2v) is 7.64. The van der Waals surface area contributed by atoms with Gasteiger partial charge in [0.25, 0.3) is 5.56 Å². The number of hydrogen-bond donors (Lipinski definition) is 2. The normalized spacial score (nSPS) is 22.7. The van der Waals surface area contributed by atoms with E-state index in [9.17, 15) is 14.4 Å². The summed E-state index contributed by atoms with van der Waals surface area (Å²) in [4.78, 5) is 36.2. The molecule has 1 aliphatic heterocycles. The van der Waals surface area contributed by atoms with Crippen LogP contribution in [-0.4, -0.2) is 35.1 Å². The lowest BCUT2D eigenvalue weighted by Gasteiger charge is -2.20. The number of ether oxygens (including phenoxy) is 1. The summed E-state index contributed by atoms with van der Waals surface area (Å²) in [6, 6.07) is 10.5. The van der Waals surface area contributed by atoms with Gasteiger partial charge in [0.05, 0.1) is 19.3 Å². The summed E-state index contributed by atoms with van der Waals surface area (Å²) >= 11 is 0. The van der Waals surface area contributed by atoms with Crippen molar-refractivity contribution in [3.63, 3.8) is 0 Å². The quantitative estimate of drug-likeness (QED) is 0.479.